The maximum atomic E-state index is 12.9. The number of amides is 1. The molecule has 0 bridgehead atoms. The zero-order valence-electron chi connectivity index (χ0n) is 15.8. The highest BCUT2D eigenvalue weighted by Gasteiger charge is 2.60. The fourth-order valence-electron chi connectivity index (χ4n) is 3.81. The number of carbonyl (C=O) groups excluding carboxylic acids is 1. The first kappa shape index (κ1) is 19.3. The molecular weight excluding hydrogens is 424 g/mol. The molecule has 29 heavy (non-hydrogen) atoms. The molecule has 4 heteroatoms. The molecule has 1 amide bonds. The summed E-state index contributed by atoms with van der Waals surface area (Å²) in [5.41, 5.74) is 5.84. The number of hydrazone groups is 1. The van der Waals surface area contributed by atoms with Crippen LogP contribution in [-0.4, -0.2) is 10.5 Å². The second-order valence-electron chi connectivity index (χ2n) is 7.11. The molecule has 144 valence electrons. The van der Waals surface area contributed by atoms with E-state index in [2.05, 4.69) is 50.7 Å². The van der Waals surface area contributed by atoms with Gasteiger partial charge in [0.05, 0.1) is 5.92 Å². The Morgan fingerprint density at radius 1 is 0.897 bits per heavy atom. The van der Waals surface area contributed by atoms with Crippen LogP contribution in [0.1, 0.15) is 23.1 Å². The summed E-state index contributed by atoms with van der Waals surface area (Å²) in [5, 5.41) is 4.20. The zero-order chi connectivity index (χ0) is 20.1. The van der Waals surface area contributed by atoms with Crippen LogP contribution >= 0.6 is 15.9 Å². The molecule has 1 N–H and O–H groups in total. The minimum atomic E-state index is -0.283. The van der Waals surface area contributed by atoms with Crippen molar-refractivity contribution in [3.8, 4) is 0 Å². The highest BCUT2D eigenvalue weighted by molar-refractivity contribution is 9.18. The predicted molar refractivity (Wildman–Crippen MR) is 122 cm³/mol. The molecule has 1 saturated carbocycles. The molecule has 0 radical (unpaired) electrons. The Morgan fingerprint density at radius 3 is 1.97 bits per heavy atom. The number of hydrogen-bond acceptors (Lipinski definition) is 2. The molecule has 1 aliphatic carbocycles. The average Bonchev–Trinajstić information content (AvgIpc) is 3.55. The summed E-state index contributed by atoms with van der Waals surface area (Å²) in [5.74, 6) is -0.211. The van der Waals surface area contributed by atoms with Crippen molar-refractivity contribution in [2.45, 2.75) is 11.8 Å². The Kier molecular flexibility index (Phi) is 5.72. The molecule has 3 nitrogen and oxygen atoms in total. The van der Waals surface area contributed by atoms with Gasteiger partial charge in [-0.2, -0.15) is 5.10 Å². The van der Waals surface area contributed by atoms with Crippen molar-refractivity contribution >= 4 is 32.5 Å². The van der Waals surface area contributed by atoms with Crippen LogP contribution in [0.5, 0.6) is 0 Å². The number of allylic oxidation sites excluding steroid dienone is 1. The van der Waals surface area contributed by atoms with Crippen LogP contribution in [0.4, 0.5) is 0 Å². The van der Waals surface area contributed by atoms with Crippen LogP contribution in [0.15, 0.2) is 102 Å². The Labute approximate surface area is 179 Å². The monoisotopic (exact) mass is 444 g/mol. The molecule has 0 unspecified atom stereocenters. The van der Waals surface area contributed by atoms with Crippen molar-refractivity contribution in [2.24, 2.45) is 11.0 Å². The minimum absolute atomic E-state index is 0.0669. The maximum Gasteiger partial charge on any atom is 0.244 e. The summed E-state index contributed by atoms with van der Waals surface area (Å²) >= 11 is 3.40. The number of benzene rings is 3. The fraction of sp³-hybridized carbons (Fsp3) is 0.120. The number of hydrogen-bond donors (Lipinski definition) is 1. The number of nitrogens with one attached hydrogen (secondary N) is 1. The SMILES string of the molecule is O=C(NN=C(Br)/C=C\c1ccccc1)[C@H]1CC1(c1ccccc1)c1ccccc1. The van der Waals surface area contributed by atoms with Crippen LogP contribution in [0.25, 0.3) is 6.08 Å². The molecular formula is C25H21BrN2O. The molecule has 0 aliphatic heterocycles. The van der Waals surface area contributed by atoms with Crippen LogP contribution in [0.2, 0.25) is 0 Å². The van der Waals surface area contributed by atoms with Gasteiger partial charge in [0, 0.05) is 5.41 Å². The van der Waals surface area contributed by atoms with Crippen molar-refractivity contribution in [1.29, 1.82) is 0 Å². The highest BCUT2D eigenvalue weighted by Crippen LogP contribution is 2.58. The third-order valence-corrected chi connectivity index (χ3v) is 5.78. The molecule has 3 aromatic carbocycles. The van der Waals surface area contributed by atoms with E-state index >= 15 is 0 Å². The molecule has 0 heterocycles. The van der Waals surface area contributed by atoms with E-state index in [1.165, 1.54) is 11.1 Å². The van der Waals surface area contributed by atoms with Crippen molar-refractivity contribution in [3.05, 3.63) is 114 Å². The van der Waals surface area contributed by atoms with Crippen LogP contribution in [0, 0.1) is 5.92 Å². The quantitative estimate of drug-likeness (QED) is 0.394. The average molecular weight is 445 g/mol. The fourth-order valence-corrected chi connectivity index (χ4v) is 4.03. The van der Waals surface area contributed by atoms with Crippen LogP contribution in [0.3, 0.4) is 0 Å². The first-order valence-electron chi connectivity index (χ1n) is 9.57. The van der Waals surface area contributed by atoms with Gasteiger partial charge in [-0.05, 0) is 45.1 Å². The predicted octanol–water partition coefficient (Wildman–Crippen LogP) is 5.53. The lowest BCUT2D eigenvalue weighted by Gasteiger charge is -2.18. The smallest absolute Gasteiger partial charge is 0.244 e. The maximum absolute atomic E-state index is 12.9. The zero-order valence-corrected chi connectivity index (χ0v) is 17.4. The molecule has 0 aromatic heterocycles. The van der Waals surface area contributed by atoms with Gasteiger partial charge in [0.25, 0.3) is 0 Å². The summed E-state index contributed by atoms with van der Waals surface area (Å²) in [6, 6.07) is 30.4. The topological polar surface area (TPSA) is 41.5 Å². The van der Waals surface area contributed by atoms with E-state index < -0.39 is 0 Å². The number of nitrogens with zero attached hydrogens (tertiary/aromatic N) is 1. The number of rotatable bonds is 6. The lowest BCUT2D eigenvalue weighted by atomic mass is 9.85. The van der Waals surface area contributed by atoms with E-state index in [4.69, 9.17) is 0 Å². The summed E-state index contributed by atoms with van der Waals surface area (Å²) in [6.07, 6.45) is 4.54. The Balaban J connectivity index is 1.49. The summed E-state index contributed by atoms with van der Waals surface area (Å²) in [7, 11) is 0. The summed E-state index contributed by atoms with van der Waals surface area (Å²) < 4.78 is 0.570. The van der Waals surface area contributed by atoms with Gasteiger partial charge in [0.2, 0.25) is 5.91 Å². The Bertz CT molecular complexity index is 991. The Hall–Kier alpha value is -2.98. The van der Waals surface area contributed by atoms with Gasteiger partial charge < -0.3 is 0 Å². The molecule has 0 saturated heterocycles. The molecule has 0 spiro atoms. The minimum Gasteiger partial charge on any atom is -0.273 e. The number of halogens is 1. The van der Waals surface area contributed by atoms with Gasteiger partial charge in [-0.1, -0.05) is 97.1 Å². The van der Waals surface area contributed by atoms with Crippen molar-refractivity contribution in [2.75, 3.05) is 0 Å². The van der Waals surface area contributed by atoms with E-state index in [1.54, 1.807) is 0 Å². The summed E-state index contributed by atoms with van der Waals surface area (Å²) in [4.78, 5) is 12.9. The van der Waals surface area contributed by atoms with Gasteiger partial charge in [0.1, 0.15) is 4.62 Å². The first-order valence-corrected chi connectivity index (χ1v) is 10.4. The van der Waals surface area contributed by atoms with Gasteiger partial charge >= 0.3 is 0 Å². The normalized spacial score (nSPS) is 17.8. The van der Waals surface area contributed by atoms with Crippen LogP contribution < -0.4 is 5.43 Å². The lowest BCUT2D eigenvalue weighted by Crippen LogP contribution is -2.25. The van der Waals surface area contributed by atoms with Gasteiger partial charge in [-0.15, -0.1) is 0 Å². The number of carbonyl (C=O) groups is 1. The third kappa shape index (κ3) is 4.22. The highest BCUT2D eigenvalue weighted by atomic mass is 79.9. The van der Waals surface area contributed by atoms with E-state index in [0.29, 0.717) is 4.62 Å². The van der Waals surface area contributed by atoms with Crippen molar-refractivity contribution in [1.82, 2.24) is 5.43 Å². The molecule has 1 aliphatic rings. The van der Waals surface area contributed by atoms with E-state index in [0.717, 1.165) is 12.0 Å². The van der Waals surface area contributed by atoms with Gasteiger partial charge in [-0.3, -0.25) is 4.79 Å². The van der Waals surface area contributed by atoms with Crippen LogP contribution in [-0.2, 0) is 10.2 Å². The molecule has 3 aromatic rings. The van der Waals surface area contributed by atoms with Crippen molar-refractivity contribution in [3.63, 3.8) is 0 Å². The van der Waals surface area contributed by atoms with Gasteiger partial charge in [-0.25, -0.2) is 5.43 Å². The second-order valence-corrected chi connectivity index (χ2v) is 7.93. The van der Waals surface area contributed by atoms with E-state index in [9.17, 15) is 4.79 Å². The van der Waals surface area contributed by atoms with E-state index in [-0.39, 0.29) is 17.2 Å². The third-order valence-electron chi connectivity index (χ3n) is 5.34. The first-order chi connectivity index (χ1) is 14.2. The molecule has 4 rings (SSSR count). The second kappa shape index (κ2) is 8.58. The molecule has 1 atom stereocenters. The Morgan fingerprint density at radius 2 is 1.41 bits per heavy atom. The molecule has 1 fully saturated rings. The standard InChI is InChI=1S/C25H21BrN2O/c26-23(17-16-19-10-4-1-5-11-19)27-28-24(29)22-18-25(22,20-12-6-2-7-13-20)21-14-8-3-9-15-21/h1-17,22H,18H2,(H,28,29)/b17-16-,27-23?/t22-/m1/s1. The lowest BCUT2D eigenvalue weighted by molar-refractivity contribution is -0.122. The van der Waals surface area contributed by atoms with Crippen molar-refractivity contribution < 1.29 is 4.79 Å². The van der Waals surface area contributed by atoms with Gasteiger partial charge in [0.15, 0.2) is 0 Å². The van der Waals surface area contributed by atoms with E-state index in [1.807, 2.05) is 78.9 Å². The largest absolute Gasteiger partial charge is 0.273 e. The summed E-state index contributed by atoms with van der Waals surface area (Å²) in [6.45, 7) is 0.